The highest BCUT2D eigenvalue weighted by Crippen LogP contribution is 2.45. The molecule has 1 aromatic carbocycles. The monoisotopic (exact) mass is 212 g/mol. The molecule has 0 unspecified atom stereocenters. The average Bonchev–Trinajstić information content (AvgIpc) is 2.70. The van der Waals surface area contributed by atoms with Crippen molar-refractivity contribution in [3.63, 3.8) is 0 Å². The van der Waals surface area contributed by atoms with E-state index in [1.54, 1.807) is 0 Å². The van der Waals surface area contributed by atoms with Crippen molar-refractivity contribution in [1.82, 2.24) is 0 Å². The average molecular weight is 213 g/mol. The van der Waals surface area contributed by atoms with Crippen LogP contribution in [0.1, 0.15) is 12.8 Å². The lowest BCUT2D eigenvalue weighted by atomic mass is 10.3. The third kappa shape index (κ3) is 1.74. The summed E-state index contributed by atoms with van der Waals surface area (Å²) in [6.07, 6.45) is 2.23. The smallest absolute Gasteiger partial charge is 0.163 e. The first-order valence-electron chi connectivity index (χ1n) is 3.72. The first-order chi connectivity index (χ1) is 5.29. The predicted molar refractivity (Wildman–Crippen MR) is 48.0 cm³/mol. The maximum Gasteiger partial charge on any atom is 0.163 e. The van der Waals surface area contributed by atoms with Crippen molar-refractivity contribution in [2.45, 2.75) is 17.4 Å². The first-order valence-corrected chi connectivity index (χ1v) is 4.51. The van der Waals surface area contributed by atoms with Crippen molar-refractivity contribution < 1.29 is 4.74 Å². The van der Waals surface area contributed by atoms with E-state index in [1.807, 2.05) is 30.3 Å². The summed E-state index contributed by atoms with van der Waals surface area (Å²) in [6.45, 7) is 0. The third-order valence-corrected chi connectivity index (χ3v) is 2.64. The van der Waals surface area contributed by atoms with Gasteiger partial charge in [-0.3, -0.25) is 0 Å². The van der Waals surface area contributed by atoms with Crippen molar-refractivity contribution in [2.24, 2.45) is 0 Å². The molecule has 0 saturated heterocycles. The molecule has 0 atom stereocenters. The Labute approximate surface area is 74.5 Å². The van der Waals surface area contributed by atoms with Gasteiger partial charge in [0.25, 0.3) is 0 Å². The Morgan fingerprint density at radius 2 is 1.82 bits per heavy atom. The van der Waals surface area contributed by atoms with E-state index in [4.69, 9.17) is 4.74 Å². The fourth-order valence-corrected chi connectivity index (χ4v) is 1.29. The maximum atomic E-state index is 5.63. The van der Waals surface area contributed by atoms with Gasteiger partial charge < -0.3 is 4.74 Å². The number of benzene rings is 1. The summed E-state index contributed by atoms with van der Waals surface area (Å²) in [4.78, 5) is 0. The van der Waals surface area contributed by atoms with E-state index in [2.05, 4.69) is 15.9 Å². The van der Waals surface area contributed by atoms with Crippen LogP contribution in [0.3, 0.4) is 0 Å². The molecular formula is C9H9BrO. The molecule has 0 bridgehead atoms. The van der Waals surface area contributed by atoms with E-state index in [-0.39, 0.29) is 4.51 Å². The van der Waals surface area contributed by atoms with Gasteiger partial charge in [0.05, 0.1) is 0 Å². The molecule has 1 saturated carbocycles. The Bertz CT molecular complexity index is 241. The minimum Gasteiger partial charge on any atom is -0.476 e. The molecule has 2 heteroatoms. The fourth-order valence-electron chi connectivity index (χ4n) is 0.900. The van der Waals surface area contributed by atoms with Gasteiger partial charge in [0, 0.05) is 12.8 Å². The molecule has 0 heterocycles. The molecule has 2 rings (SSSR count). The van der Waals surface area contributed by atoms with Crippen LogP contribution in [-0.4, -0.2) is 4.51 Å². The van der Waals surface area contributed by atoms with Crippen LogP contribution in [0, 0.1) is 0 Å². The SMILES string of the molecule is BrC1(Oc2ccccc2)CC1. The normalized spacial score (nSPS) is 19.4. The topological polar surface area (TPSA) is 9.23 Å². The van der Waals surface area contributed by atoms with Crippen LogP contribution in [0.15, 0.2) is 30.3 Å². The van der Waals surface area contributed by atoms with Gasteiger partial charge in [-0.05, 0) is 28.1 Å². The molecule has 1 aliphatic carbocycles. The van der Waals surface area contributed by atoms with Crippen LogP contribution in [-0.2, 0) is 0 Å². The van der Waals surface area contributed by atoms with Gasteiger partial charge in [-0.2, -0.15) is 0 Å². The summed E-state index contributed by atoms with van der Waals surface area (Å²) in [6, 6.07) is 9.89. The minimum atomic E-state index is -0.0334. The molecule has 58 valence electrons. The minimum absolute atomic E-state index is 0.0334. The van der Waals surface area contributed by atoms with Gasteiger partial charge in [-0.25, -0.2) is 0 Å². The zero-order valence-corrected chi connectivity index (χ0v) is 7.67. The molecule has 0 aliphatic heterocycles. The van der Waals surface area contributed by atoms with Gasteiger partial charge in [-0.15, -0.1) is 0 Å². The number of ether oxygens (including phenoxy) is 1. The van der Waals surface area contributed by atoms with Crippen LogP contribution >= 0.6 is 15.9 Å². The lowest BCUT2D eigenvalue weighted by Crippen LogP contribution is -2.07. The second kappa shape index (κ2) is 2.52. The van der Waals surface area contributed by atoms with E-state index in [9.17, 15) is 0 Å². The molecule has 1 aliphatic rings. The summed E-state index contributed by atoms with van der Waals surface area (Å²) in [5, 5.41) is 0. The highest BCUT2D eigenvalue weighted by Gasteiger charge is 2.42. The Hall–Kier alpha value is -0.500. The third-order valence-electron chi connectivity index (χ3n) is 1.69. The summed E-state index contributed by atoms with van der Waals surface area (Å²) < 4.78 is 5.60. The highest BCUT2D eigenvalue weighted by atomic mass is 79.9. The molecule has 1 fully saturated rings. The van der Waals surface area contributed by atoms with Crippen molar-refractivity contribution >= 4 is 15.9 Å². The Balaban J connectivity index is 2.07. The zero-order chi connectivity index (χ0) is 7.73. The number of para-hydroxylation sites is 1. The van der Waals surface area contributed by atoms with E-state index in [1.165, 1.54) is 0 Å². The van der Waals surface area contributed by atoms with Crippen molar-refractivity contribution in [2.75, 3.05) is 0 Å². The van der Waals surface area contributed by atoms with Crippen LogP contribution in [0.25, 0.3) is 0 Å². The second-order valence-corrected chi connectivity index (χ2v) is 4.24. The Kier molecular flexibility index (Phi) is 1.64. The van der Waals surface area contributed by atoms with Gasteiger partial charge in [0.1, 0.15) is 5.75 Å². The quantitative estimate of drug-likeness (QED) is 0.686. The van der Waals surface area contributed by atoms with Crippen LogP contribution in [0.2, 0.25) is 0 Å². The molecule has 1 aromatic rings. The van der Waals surface area contributed by atoms with Crippen molar-refractivity contribution in [3.8, 4) is 5.75 Å². The zero-order valence-electron chi connectivity index (χ0n) is 6.09. The Morgan fingerprint density at radius 3 is 2.36 bits per heavy atom. The van der Waals surface area contributed by atoms with Gasteiger partial charge >= 0.3 is 0 Å². The molecule has 0 aromatic heterocycles. The lowest BCUT2D eigenvalue weighted by molar-refractivity contribution is 0.278. The Morgan fingerprint density at radius 1 is 1.18 bits per heavy atom. The van der Waals surface area contributed by atoms with E-state index in [0.29, 0.717) is 0 Å². The first kappa shape index (κ1) is 7.17. The molecule has 0 N–H and O–H groups in total. The number of hydrogen-bond donors (Lipinski definition) is 0. The number of hydrogen-bond acceptors (Lipinski definition) is 1. The van der Waals surface area contributed by atoms with Crippen LogP contribution in [0.4, 0.5) is 0 Å². The molecule has 0 radical (unpaired) electrons. The number of alkyl halides is 1. The summed E-state index contributed by atoms with van der Waals surface area (Å²) in [7, 11) is 0. The molecule has 0 amide bonds. The second-order valence-electron chi connectivity index (χ2n) is 2.80. The van der Waals surface area contributed by atoms with Crippen LogP contribution < -0.4 is 4.74 Å². The van der Waals surface area contributed by atoms with Crippen molar-refractivity contribution in [3.05, 3.63) is 30.3 Å². The van der Waals surface area contributed by atoms with Crippen LogP contribution in [0.5, 0.6) is 5.75 Å². The van der Waals surface area contributed by atoms with Crippen molar-refractivity contribution in [1.29, 1.82) is 0 Å². The number of halogens is 1. The molecule has 0 spiro atoms. The lowest BCUT2D eigenvalue weighted by Gasteiger charge is -2.09. The van der Waals surface area contributed by atoms with E-state index < -0.39 is 0 Å². The molecule has 1 nitrogen and oxygen atoms in total. The highest BCUT2D eigenvalue weighted by molar-refractivity contribution is 9.10. The molecule has 11 heavy (non-hydrogen) atoms. The van der Waals surface area contributed by atoms with E-state index in [0.717, 1.165) is 18.6 Å². The predicted octanol–water partition coefficient (Wildman–Crippen LogP) is 2.95. The summed E-state index contributed by atoms with van der Waals surface area (Å²) >= 11 is 3.50. The molecular weight excluding hydrogens is 204 g/mol. The fraction of sp³-hybridized carbons (Fsp3) is 0.333. The summed E-state index contributed by atoms with van der Waals surface area (Å²) in [5.41, 5.74) is 0. The van der Waals surface area contributed by atoms with Gasteiger partial charge in [0.15, 0.2) is 4.51 Å². The van der Waals surface area contributed by atoms with E-state index >= 15 is 0 Å². The standard InChI is InChI=1S/C9H9BrO/c10-9(6-7-9)11-8-4-2-1-3-5-8/h1-5H,6-7H2. The van der Waals surface area contributed by atoms with Gasteiger partial charge in [-0.1, -0.05) is 18.2 Å². The number of rotatable bonds is 2. The summed E-state index contributed by atoms with van der Waals surface area (Å²) in [5.74, 6) is 0.946. The van der Waals surface area contributed by atoms with Gasteiger partial charge in [0.2, 0.25) is 0 Å². The maximum absolute atomic E-state index is 5.63. The largest absolute Gasteiger partial charge is 0.476 e.